The van der Waals surface area contributed by atoms with Gasteiger partial charge < -0.3 is 15.8 Å². The minimum absolute atomic E-state index is 0.306. The first-order chi connectivity index (χ1) is 9.51. The van der Waals surface area contributed by atoms with Crippen molar-refractivity contribution in [2.45, 2.75) is 6.54 Å². The van der Waals surface area contributed by atoms with Crippen LogP contribution >= 0.6 is 34.5 Å². The number of carbonyl (C=O) groups is 1. The zero-order valence-electron chi connectivity index (χ0n) is 10.6. The Bertz CT molecular complexity index is 643. The Balaban J connectivity index is 2.27. The Morgan fingerprint density at radius 3 is 2.75 bits per heavy atom. The summed E-state index contributed by atoms with van der Waals surface area (Å²) in [6.45, 7) is 0.505. The molecule has 2 rings (SSSR count). The van der Waals surface area contributed by atoms with E-state index in [0.717, 1.165) is 4.88 Å². The molecule has 0 atom stereocenters. The van der Waals surface area contributed by atoms with Crippen molar-refractivity contribution in [3.05, 3.63) is 44.1 Å². The summed E-state index contributed by atoms with van der Waals surface area (Å²) in [6.07, 6.45) is 0. The van der Waals surface area contributed by atoms with Crippen molar-refractivity contribution in [1.82, 2.24) is 0 Å². The first-order valence-corrected chi connectivity index (χ1v) is 7.24. The summed E-state index contributed by atoms with van der Waals surface area (Å²) in [5, 5.41) is 3.49. The van der Waals surface area contributed by atoms with Crippen molar-refractivity contribution >= 4 is 51.9 Å². The fraction of sp³-hybridized carbons (Fsp3) is 0.154. The average Bonchev–Trinajstić information content (AvgIpc) is 2.81. The van der Waals surface area contributed by atoms with Gasteiger partial charge in [-0.05, 0) is 24.3 Å². The standard InChI is InChI=1S/C13H12Cl2N2O2S/c1-19-13(18)9-4-7(16)5-10(14)12(9)17-6-8-2-3-11(15)20-8/h2-5,17H,6,16H2,1H3. The van der Waals surface area contributed by atoms with E-state index in [1.807, 2.05) is 12.1 Å². The summed E-state index contributed by atoms with van der Waals surface area (Å²) in [5.41, 5.74) is 6.90. The zero-order valence-corrected chi connectivity index (χ0v) is 12.9. The van der Waals surface area contributed by atoms with Crippen molar-refractivity contribution in [1.29, 1.82) is 0 Å². The maximum atomic E-state index is 11.8. The Kier molecular flexibility index (Phi) is 4.75. The molecular weight excluding hydrogens is 319 g/mol. The van der Waals surface area contributed by atoms with E-state index < -0.39 is 5.97 Å². The molecule has 0 saturated carbocycles. The van der Waals surface area contributed by atoms with Crippen molar-refractivity contribution in [3.8, 4) is 0 Å². The van der Waals surface area contributed by atoms with Gasteiger partial charge in [0.2, 0.25) is 0 Å². The molecule has 0 radical (unpaired) electrons. The second kappa shape index (κ2) is 6.35. The SMILES string of the molecule is COC(=O)c1cc(N)cc(Cl)c1NCc1ccc(Cl)s1. The molecule has 0 aliphatic heterocycles. The molecular formula is C13H12Cl2N2O2S. The lowest BCUT2D eigenvalue weighted by Gasteiger charge is -2.13. The number of anilines is 2. The summed E-state index contributed by atoms with van der Waals surface area (Å²) in [6, 6.07) is 6.83. The number of esters is 1. The molecule has 2 aromatic rings. The van der Waals surface area contributed by atoms with Gasteiger partial charge in [0.1, 0.15) is 0 Å². The first kappa shape index (κ1) is 15.0. The van der Waals surface area contributed by atoms with Crippen molar-refractivity contribution in [2.24, 2.45) is 0 Å². The molecule has 1 aromatic carbocycles. The van der Waals surface area contributed by atoms with Crippen LogP contribution < -0.4 is 11.1 Å². The number of ether oxygens (including phenoxy) is 1. The van der Waals surface area contributed by atoms with Crippen LogP contribution in [-0.2, 0) is 11.3 Å². The summed E-state index contributed by atoms with van der Waals surface area (Å²) in [7, 11) is 1.31. The molecule has 1 aromatic heterocycles. The molecule has 7 heteroatoms. The molecule has 0 fully saturated rings. The number of methoxy groups -OCH3 is 1. The highest BCUT2D eigenvalue weighted by Gasteiger charge is 2.16. The monoisotopic (exact) mass is 330 g/mol. The van der Waals surface area contributed by atoms with E-state index in [-0.39, 0.29) is 0 Å². The van der Waals surface area contributed by atoms with Crippen molar-refractivity contribution in [2.75, 3.05) is 18.2 Å². The van der Waals surface area contributed by atoms with E-state index >= 15 is 0 Å². The summed E-state index contributed by atoms with van der Waals surface area (Å²) >= 11 is 13.5. The summed E-state index contributed by atoms with van der Waals surface area (Å²) in [5.74, 6) is -0.495. The van der Waals surface area contributed by atoms with Gasteiger partial charge in [-0.1, -0.05) is 23.2 Å². The topological polar surface area (TPSA) is 64.3 Å². The number of nitrogen functional groups attached to an aromatic ring is 1. The van der Waals surface area contributed by atoms with E-state index in [2.05, 4.69) is 5.32 Å². The molecule has 1 heterocycles. The van der Waals surface area contributed by atoms with Gasteiger partial charge in [0, 0.05) is 17.1 Å². The molecule has 0 spiro atoms. The maximum Gasteiger partial charge on any atom is 0.340 e. The molecule has 20 heavy (non-hydrogen) atoms. The van der Waals surface area contributed by atoms with Gasteiger partial charge in [0.25, 0.3) is 0 Å². The number of hydrogen-bond acceptors (Lipinski definition) is 5. The quantitative estimate of drug-likeness (QED) is 0.656. The maximum absolute atomic E-state index is 11.8. The van der Waals surface area contributed by atoms with Crippen LogP contribution in [0.4, 0.5) is 11.4 Å². The van der Waals surface area contributed by atoms with E-state index in [9.17, 15) is 4.79 Å². The Labute approximate surface area is 130 Å². The van der Waals surface area contributed by atoms with Gasteiger partial charge in [-0.2, -0.15) is 0 Å². The third-order valence-electron chi connectivity index (χ3n) is 2.59. The van der Waals surface area contributed by atoms with Crippen LogP contribution in [0, 0.1) is 0 Å². The van der Waals surface area contributed by atoms with Crippen LogP contribution in [0.3, 0.4) is 0 Å². The highest BCUT2D eigenvalue weighted by molar-refractivity contribution is 7.16. The molecule has 0 amide bonds. The number of nitrogens with two attached hydrogens (primary N) is 1. The van der Waals surface area contributed by atoms with E-state index in [1.54, 1.807) is 6.07 Å². The van der Waals surface area contributed by atoms with Crippen LogP contribution in [0.1, 0.15) is 15.2 Å². The second-order valence-electron chi connectivity index (χ2n) is 3.98. The van der Waals surface area contributed by atoms with Gasteiger partial charge in [0.05, 0.1) is 27.7 Å². The van der Waals surface area contributed by atoms with Crippen LogP contribution in [0.2, 0.25) is 9.36 Å². The Hall–Kier alpha value is -1.43. The number of benzene rings is 1. The predicted octanol–water partition coefficient (Wildman–Crippen LogP) is 4.04. The molecule has 0 saturated heterocycles. The smallest absolute Gasteiger partial charge is 0.340 e. The van der Waals surface area contributed by atoms with Gasteiger partial charge in [-0.25, -0.2) is 4.79 Å². The van der Waals surface area contributed by atoms with Gasteiger partial charge in [0.15, 0.2) is 0 Å². The number of halogens is 2. The number of nitrogens with one attached hydrogen (secondary N) is 1. The largest absolute Gasteiger partial charge is 0.465 e. The minimum Gasteiger partial charge on any atom is -0.465 e. The lowest BCUT2D eigenvalue weighted by atomic mass is 10.1. The van der Waals surface area contributed by atoms with Crippen LogP contribution in [-0.4, -0.2) is 13.1 Å². The van der Waals surface area contributed by atoms with Gasteiger partial charge >= 0.3 is 5.97 Å². The van der Waals surface area contributed by atoms with Crippen molar-refractivity contribution < 1.29 is 9.53 Å². The number of hydrogen-bond donors (Lipinski definition) is 2. The highest BCUT2D eigenvalue weighted by Crippen LogP contribution is 2.31. The lowest BCUT2D eigenvalue weighted by Crippen LogP contribution is -2.09. The molecule has 4 nitrogen and oxygen atoms in total. The average molecular weight is 331 g/mol. The predicted molar refractivity (Wildman–Crippen MR) is 83.9 cm³/mol. The molecule has 0 aliphatic carbocycles. The summed E-state index contributed by atoms with van der Waals surface area (Å²) < 4.78 is 5.44. The second-order valence-corrected chi connectivity index (χ2v) is 6.18. The number of carbonyl (C=O) groups excluding carboxylic acids is 1. The Morgan fingerprint density at radius 1 is 1.40 bits per heavy atom. The highest BCUT2D eigenvalue weighted by atomic mass is 35.5. The van der Waals surface area contributed by atoms with Crippen LogP contribution in [0.5, 0.6) is 0 Å². The minimum atomic E-state index is -0.495. The van der Waals surface area contributed by atoms with E-state index in [1.165, 1.54) is 24.5 Å². The molecule has 0 bridgehead atoms. The third kappa shape index (κ3) is 3.36. The zero-order chi connectivity index (χ0) is 14.7. The van der Waals surface area contributed by atoms with Crippen LogP contribution in [0.25, 0.3) is 0 Å². The molecule has 0 unspecified atom stereocenters. The molecule has 106 valence electrons. The number of thiophene rings is 1. The van der Waals surface area contributed by atoms with Crippen molar-refractivity contribution in [3.63, 3.8) is 0 Å². The molecule has 3 N–H and O–H groups in total. The normalized spacial score (nSPS) is 10.3. The lowest BCUT2D eigenvalue weighted by molar-refractivity contribution is 0.0602. The number of rotatable bonds is 4. The first-order valence-electron chi connectivity index (χ1n) is 5.66. The van der Waals surface area contributed by atoms with E-state index in [0.29, 0.717) is 32.8 Å². The molecule has 0 aliphatic rings. The van der Waals surface area contributed by atoms with Gasteiger partial charge in [-0.15, -0.1) is 11.3 Å². The fourth-order valence-electron chi connectivity index (χ4n) is 1.70. The Morgan fingerprint density at radius 2 is 2.15 bits per heavy atom. The summed E-state index contributed by atoms with van der Waals surface area (Å²) in [4.78, 5) is 12.8. The fourth-order valence-corrected chi connectivity index (χ4v) is 3.02. The van der Waals surface area contributed by atoms with E-state index in [4.69, 9.17) is 33.7 Å². The third-order valence-corrected chi connectivity index (χ3v) is 4.12. The van der Waals surface area contributed by atoms with Crippen LogP contribution in [0.15, 0.2) is 24.3 Å². The van der Waals surface area contributed by atoms with Gasteiger partial charge in [-0.3, -0.25) is 0 Å².